The Kier molecular flexibility index (Phi) is 6.24. The molecule has 1 saturated heterocycles. The molecule has 34 heavy (non-hydrogen) atoms. The molecule has 1 N–H and O–H groups in total. The number of para-hydroxylation sites is 2. The summed E-state index contributed by atoms with van der Waals surface area (Å²) in [6.07, 6.45) is 0.687. The molecule has 2 aliphatic heterocycles. The minimum absolute atomic E-state index is 0.00210. The number of methoxy groups -OCH3 is 2. The number of ether oxygens (including phenoxy) is 2. The van der Waals surface area contributed by atoms with E-state index in [1.807, 2.05) is 36.4 Å². The number of anilines is 3. The van der Waals surface area contributed by atoms with Crippen LogP contribution in [-0.2, 0) is 11.2 Å². The number of rotatable bonds is 5. The highest BCUT2D eigenvalue weighted by Gasteiger charge is 2.41. The minimum Gasteiger partial charge on any atom is -0.493 e. The molecule has 1 amide bonds. The van der Waals surface area contributed by atoms with Gasteiger partial charge in [0.15, 0.2) is 11.5 Å². The maximum absolute atomic E-state index is 13.6. The van der Waals surface area contributed by atoms with Crippen LogP contribution in [0.2, 0.25) is 5.02 Å². The van der Waals surface area contributed by atoms with Crippen molar-refractivity contribution in [3.05, 3.63) is 77.3 Å². The van der Waals surface area contributed by atoms with E-state index in [9.17, 15) is 4.79 Å². The molecule has 7 heteroatoms. The fourth-order valence-electron chi connectivity index (χ4n) is 5.13. The number of nitrogens with zero attached hydrogens (tertiary/aromatic N) is 2. The average molecular weight is 478 g/mol. The quantitative estimate of drug-likeness (QED) is 0.568. The number of amides is 1. The van der Waals surface area contributed by atoms with Gasteiger partial charge in [-0.05, 0) is 42.3 Å². The molecule has 0 unspecified atom stereocenters. The lowest BCUT2D eigenvalue weighted by Crippen LogP contribution is -2.60. The molecule has 0 spiro atoms. The van der Waals surface area contributed by atoms with Gasteiger partial charge < -0.3 is 24.6 Å². The van der Waals surface area contributed by atoms with E-state index >= 15 is 0 Å². The molecule has 0 aromatic heterocycles. The van der Waals surface area contributed by atoms with Crippen LogP contribution in [0.25, 0.3) is 0 Å². The number of nitrogens with one attached hydrogen (secondary N) is 1. The van der Waals surface area contributed by atoms with Crippen molar-refractivity contribution in [1.29, 1.82) is 0 Å². The smallest absolute Gasteiger partial charge is 0.229 e. The van der Waals surface area contributed by atoms with Crippen molar-refractivity contribution in [2.75, 3.05) is 49.0 Å². The Balaban J connectivity index is 1.44. The highest BCUT2D eigenvalue weighted by atomic mass is 35.5. The van der Waals surface area contributed by atoms with Gasteiger partial charge in [0.2, 0.25) is 5.91 Å². The molecule has 5 rings (SSSR count). The van der Waals surface area contributed by atoms with Crippen molar-refractivity contribution in [2.24, 2.45) is 5.92 Å². The van der Waals surface area contributed by atoms with Crippen LogP contribution in [0, 0.1) is 5.92 Å². The number of fused-ring (bicyclic) bond motifs is 3. The second-order valence-electron chi connectivity index (χ2n) is 8.66. The summed E-state index contributed by atoms with van der Waals surface area (Å²) in [6, 6.07) is 21.8. The van der Waals surface area contributed by atoms with Gasteiger partial charge in [0.25, 0.3) is 0 Å². The number of hydrogen-bond acceptors (Lipinski definition) is 5. The molecule has 176 valence electrons. The lowest BCUT2D eigenvalue weighted by atomic mass is 9.83. The van der Waals surface area contributed by atoms with Gasteiger partial charge in [-0.2, -0.15) is 0 Å². The molecule has 0 aliphatic carbocycles. The Labute approximate surface area is 205 Å². The SMILES string of the molecule is COc1ccc(NC(=O)[C@H]2Cc3ccccc3N3CCN(c4ccccc4Cl)C[C@@H]23)cc1OC. The number of carbonyl (C=O) groups is 1. The summed E-state index contributed by atoms with van der Waals surface area (Å²) in [6.45, 7) is 2.40. The number of piperazine rings is 1. The Morgan fingerprint density at radius 3 is 2.44 bits per heavy atom. The van der Waals surface area contributed by atoms with Gasteiger partial charge in [0, 0.05) is 37.1 Å². The third kappa shape index (κ3) is 4.14. The van der Waals surface area contributed by atoms with Gasteiger partial charge in [0.05, 0.1) is 36.9 Å². The van der Waals surface area contributed by atoms with E-state index in [0.717, 1.165) is 30.3 Å². The molecule has 2 aliphatic rings. The minimum atomic E-state index is -0.215. The maximum Gasteiger partial charge on any atom is 0.229 e. The molecular formula is C27H28ClN3O3. The van der Waals surface area contributed by atoms with Gasteiger partial charge in [-0.3, -0.25) is 4.79 Å². The van der Waals surface area contributed by atoms with E-state index in [4.69, 9.17) is 21.1 Å². The number of benzene rings is 3. The van der Waals surface area contributed by atoms with Gasteiger partial charge in [0.1, 0.15) is 0 Å². The summed E-state index contributed by atoms with van der Waals surface area (Å²) in [5.74, 6) is 0.991. The van der Waals surface area contributed by atoms with Crippen molar-refractivity contribution in [1.82, 2.24) is 0 Å². The predicted molar refractivity (Wildman–Crippen MR) is 137 cm³/mol. The molecule has 2 atom stereocenters. The first-order valence-electron chi connectivity index (χ1n) is 11.5. The van der Waals surface area contributed by atoms with E-state index in [-0.39, 0.29) is 17.9 Å². The number of hydrogen-bond donors (Lipinski definition) is 1. The van der Waals surface area contributed by atoms with Crippen LogP contribution < -0.4 is 24.6 Å². The zero-order valence-corrected chi connectivity index (χ0v) is 20.1. The lowest BCUT2D eigenvalue weighted by Gasteiger charge is -2.49. The second-order valence-corrected chi connectivity index (χ2v) is 9.06. The van der Waals surface area contributed by atoms with Gasteiger partial charge in [-0.15, -0.1) is 0 Å². The van der Waals surface area contributed by atoms with E-state index < -0.39 is 0 Å². The maximum atomic E-state index is 13.6. The third-order valence-electron chi connectivity index (χ3n) is 6.80. The van der Waals surface area contributed by atoms with E-state index in [2.05, 4.69) is 33.3 Å². The zero-order chi connectivity index (χ0) is 23.7. The van der Waals surface area contributed by atoms with Crippen LogP contribution in [0.3, 0.4) is 0 Å². The molecular weight excluding hydrogens is 450 g/mol. The highest BCUT2D eigenvalue weighted by Crippen LogP contribution is 2.38. The average Bonchev–Trinajstić information content (AvgIpc) is 2.88. The summed E-state index contributed by atoms with van der Waals surface area (Å²) >= 11 is 6.52. The summed E-state index contributed by atoms with van der Waals surface area (Å²) < 4.78 is 10.7. The fourth-order valence-corrected chi connectivity index (χ4v) is 5.39. The van der Waals surface area contributed by atoms with Crippen LogP contribution >= 0.6 is 11.6 Å². The Bertz CT molecular complexity index is 1200. The zero-order valence-electron chi connectivity index (χ0n) is 19.3. The molecule has 0 saturated carbocycles. The Morgan fingerprint density at radius 2 is 1.68 bits per heavy atom. The van der Waals surface area contributed by atoms with Crippen LogP contribution in [0.4, 0.5) is 17.1 Å². The van der Waals surface area contributed by atoms with Crippen LogP contribution in [0.1, 0.15) is 5.56 Å². The fraction of sp³-hybridized carbons (Fsp3) is 0.296. The summed E-state index contributed by atoms with van der Waals surface area (Å²) in [5.41, 5.74) is 4.13. The highest BCUT2D eigenvalue weighted by molar-refractivity contribution is 6.33. The third-order valence-corrected chi connectivity index (χ3v) is 7.12. The molecule has 6 nitrogen and oxygen atoms in total. The number of carbonyl (C=O) groups excluding carboxylic acids is 1. The molecule has 0 bridgehead atoms. The van der Waals surface area contributed by atoms with E-state index in [1.54, 1.807) is 26.4 Å². The molecule has 3 aromatic rings. The lowest BCUT2D eigenvalue weighted by molar-refractivity contribution is -0.120. The van der Waals surface area contributed by atoms with Crippen LogP contribution in [-0.4, -0.2) is 45.8 Å². The van der Waals surface area contributed by atoms with Crippen LogP contribution in [0.5, 0.6) is 11.5 Å². The summed E-state index contributed by atoms with van der Waals surface area (Å²) in [5, 5.41) is 3.86. The second kappa shape index (κ2) is 9.47. The first-order chi connectivity index (χ1) is 16.6. The Morgan fingerprint density at radius 1 is 0.941 bits per heavy atom. The van der Waals surface area contributed by atoms with Gasteiger partial charge in [-0.25, -0.2) is 0 Å². The molecule has 3 aromatic carbocycles. The molecule has 1 fully saturated rings. The van der Waals surface area contributed by atoms with E-state index in [1.165, 1.54) is 11.3 Å². The first-order valence-corrected chi connectivity index (χ1v) is 11.8. The van der Waals surface area contributed by atoms with Crippen molar-refractivity contribution in [3.8, 4) is 11.5 Å². The Hall–Kier alpha value is -3.38. The van der Waals surface area contributed by atoms with Crippen molar-refractivity contribution < 1.29 is 14.3 Å². The molecule has 0 radical (unpaired) electrons. The molecule has 2 heterocycles. The monoisotopic (exact) mass is 477 g/mol. The summed E-state index contributed by atoms with van der Waals surface area (Å²) in [4.78, 5) is 18.3. The number of halogens is 1. The van der Waals surface area contributed by atoms with Gasteiger partial charge in [-0.1, -0.05) is 41.9 Å². The van der Waals surface area contributed by atoms with Gasteiger partial charge >= 0.3 is 0 Å². The normalized spacial score (nSPS) is 19.1. The predicted octanol–water partition coefficient (Wildman–Crippen LogP) is 4.86. The van der Waals surface area contributed by atoms with Crippen molar-refractivity contribution in [2.45, 2.75) is 12.5 Å². The topological polar surface area (TPSA) is 54.0 Å². The largest absolute Gasteiger partial charge is 0.493 e. The first kappa shape index (κ1) is 22.4. The van der Waals surface area contributed by atoms with E-state index in [0.29, 0.717) is 23.6 Å². The summed E-state index contributed by atoms with van der Waals surface area (Å²) in [7, 11) is 3.18. The standard InChI is InChI=1S/C27H28ClN3O3/c1-33-25-12-11-19(16-26(25)34-2)29-27(32)20-15-18-7-3-5-9-22(18)31-14-13-30(17-24(20)31)23-10-6-4-8-21(23)28/h3-12,16,20,24H,13-15,17H2,1-2H3,(H,29,32)/t20-,24-/m0/s1. The van der Waals surface area contributed by atoms with Crippen molar-refractivity contribution >= 4 is 34.6 Å². The van der Waals surface area contributed by atoms with Crippen LogP contribution in [0.15, 0.2) is 66.7 Å². The van der Waals surface area contributed by atoms with Crippen molar-refractivity contribution in [3.63, 3.8) is 0 Å².